The Labute approximate surface area is 185 Å². The van der Waals surface area contributed by atoms with E-state index in [0.29, 0.717) is 6.42 Å². The van der Waals surface area contributed by atoms with Gasteiger partial charge in [-0.05, 0) is 36.8 Å². The van der Waals surface area contributed by atoms with E-state index in [1.807, 2.05) is 0 Å². The van der Waals surface area contributed by atoms with Crippen LogP contribution < -0.4 is 20.7 Å². The number of aliphatic hydroxyl groups excluding tert-OH is 1. The summed E-state index contributed by atoms with van der Waals surface area (Å²) >= 11 is 11.3. The lowest BCUT2D eigenvalue weighted by Crippen LogP contribution is -2.24. The molecule has 0 spiro atoms. The summed E-state index contributed by atoms with van der Waals surface area (Å²) in [6.45, 7) is 0.0794. The number of thiocarbonyl (C=S) groups is 1. The van der Waals surface area contributed by atoms with Crippen LogP contribution in [0, 0.1) is 0 Å². The van der Waals surface area contributed by atoms with Crippen molar-refractivity contribution >= 4 is 52.0 Å². The standard InChI is InChI=1S/C18H18ClF3N4O4S/c1-30-12-6-5-11(15(25-12)18(20,21)22)24-17(31)26-14-10(19)4-3-9(16(28)29)13(14)23-7-2-8-27/h3-6,23,27H,2,7-8H2,1H3,(H,28,29)(H2,24,26,31). The number of alkyl halides is 3. The maximum Gasteiger partial charge on any atom is 0.435 e. The van der Waals surface area contributed by atoms with Crippen molar-refractivity contribution in [3.8, 4) is 5.88 Å². The molecule has 0 saturated carbocycles. The van der Waals surface area contributed by atoms with Gasteiger partial charge in [0.1, 0.15) is 0 Å². The number of benzene rings is 1. The average molecular weight is 479 g/mol. The molecule has 168 valence electrons. The van der Waals surface area contributed by atoms with Crippen molar-refractivity contribution in [2.24, 2.45) is 0 Å². The summed E-state index contributed by atoms with van der Waals surface area (Å²) in [5, 5.41) is 26.0. The molecule has 0 aliphatic heterocycles. The normalized spacial score (nSPS) is 11.0. The van der Waals surface area contributed by atoms with E-state index in [1.165, 1.54) is 25.3 Å². The van der Waals surface area contributed by atoms with Crippen molar-refractivity contribution in [3.63, 3.8) is 0 Å². The maximum atomic E-state index is 13.3. The van der Waals surface area contributed by atoms with Crippen molar-refractivity contribution < 1.29 is 32.9 Å². The summed E-state index contributed by atoms with van der Waals surface area (Å²) in [7, 11) is 1.19. The number of ether oxygens (including phenoxy) is 1. The fourth-order valence-electron chi connectivity index (χ4n) is 2.49. The average Bonchev–Trinajstić information content (AvgIpc) is 2.69. The summed E-state index contributed by atoms with van der Waals surface area (Å²) in [6.07, 6.45) is -4.47. The minimum atomic E-state index is -4.79. The number of aromatic carboxylic acids is 1. The van der Waals surface area contributed by atoms with E-state index in [-0.39, 0.29) is 46.1 Å². The number of carboxylic acid groups (broad SMARTS) is 1. The number of hydrogen-bond acceptors (Lipinski definition) is 6. The number of rotatable bonds is 8. The van der Waals surface area contributed by atoms with Crippen LogP contribution >= 0.6 is 23.8 Å². The molecule has 31 heavy (non-hydrogen) atoms. The van der Waals surface area contributed by atoms with Gasteiger partial charge in [0.2, 0.25) is 5.88 Å². The van der Waals surface area contributed by atoms with Gasteiger partial charge in [0.15, 0.2) is 10.8 Å². The number of hydrogen-bond donors (Lipinski definition) is 5. The number of carbonyl (C=O) groups is 1. The highest BCUT2D eigenvalue weighted by Crippen LogP contribution is 2.36. The van der Waals surface area contributed by atoms with E-state index in [4.69, 9.17) is 33.7 Å². The van der Waals surface area contributed by atoms with Gasteiger partial charge in [-0.15, -0.1) is 0 Å². The zero-order valence-electron chi connectivity index (χ0n) is 16.0. The van der Waals surface area contributed by atoms with E-state index in [9.17, 15) is 23.1 Å². The van der Waals surface area contributed by atoms with E-state index in [2.05, 4.69) is 20.9 Å². The van der Waals surface area contributed by atoms with Gasteiger partial charge in [-0.25, -0.2) is 9.78 Å². The third-order valence-corrected chi connectivity index (χ3v) is 4.37. The Balaban J connectivity index is 2.36. The Kier molecular flexibility index (Phi) is 8.25. The number of halogens is 4. The van der Waals surface area contributed by atoms with Gasteiger partial charge in [-0.3, -0.25) is 0 Å². The summed E-state index contributed by atoms with van der Waals surface area (Å²) < 4.78 is 44.8. The maximum absolute atomic E-state index is 13.3. The minimum absolute atomic E-state index is 0.0482. The molecule has 0 atom stereocenters. The first-order valence-corrected chi connectivity index (χ1v) is 9.47. The van der Waals surface area contributed by atoms with Crippen LogP contribution in [0.5, 0.6) is 5.88 Å². The first kappa shape index (κ1) is 24.4. The van der Waals surface area contributed by atoms with Crippen molar-refractivity contribution in [3.05, 3.63) is 40.5 Å². The molecule has 0 fully saturated rings. The number of methoxy groups -OCH3 is 1. The number of nitrogens with one attached hydrogen (secondary N) is 3. The van der Waals surface area contributed by atoms with Crippen LogP contribution in [0.1, 0.15) is 22.5 Å². The first-order valence-electron chi connectivity index (χ1n) is 8.69. The number of nitrogens with zero attached hydrogens (tertiary/aromatic N) is 1. The Morgan fingerprint density at radius 3 is 2.52 bits per heavy atom. The van der Waals surface area contributed by atoms with Crippen molar-refractivity contribution in [1.82, 2.24) is 4.98 Å². The number of aliphatic hydroxyl groups is 1. The molecular weight excluding hydrogens is 461 g/mol. The highest BCUT2D eigenvalue weighted by atomic mass is 35.5. The van der Waals surface area contributed by atoms with Crippen LogP contribution in [0.15, 0.2) is 24.3 Å². The molecular formula is C18H18ClF3N4O4S. The number of carboxylic acids is 1. The van der Waals surface area contributed by atoms with Crippen LogP contribution in [0.25, 0.3) is 0 Å². The third kappa shape index (κ3) is 6.32. The quantitative estimate of drug-likeness (QED) is 0.283. The second kappa shape index (κ2) is 10.5. The number of aromatic nitrogens is 1. The molecule has 0 unspecified atom stereocenters. The molecule has 0 radical (unpaired) electrons. The molecule has 0 aliphatic rings. The molecule has 8 nitrogen and oxygen atoms in total. The van der Waals surface area contributed by atoms with E-state index < -0.39 is 23.5 Å². The Bertz CT molecular complexity index is 976. The third-order valence-electron chi connectivity index (χ3n) is 3.86. The van der Waals surface area contributed by atoms with E-state index in [0.717, 1.165) is 6.07 Å². The molecule has 2 aromatic rings. The summed E-state index contributed by atoms with van der Waals surface area (Å²) in [5.74, 6) is -1.49. The molecule has 1 heterocycles. The SMILES string of the molecule is COc1ccc(NC(=S)Nc2c(Cl)ccc(C(=O)O)c2NCCCO)c(C(F)(F)F)n1. The summed E-state index contributed by atoms with van der Waals surface area (Å²) in [4.78, 5) is 15.0. The van der Waals surface area contributed by atoms with Gasteiger partial charge in [0, 0.05) is 19.2 Å². The lowest BCUT2D eigenvalue weighted by molar-refractivity contribution is -0.140. The minimum Gasteiger partial charge on any atom is -0.481 e. The van der Waals surface area contributed by atoms with Crippen molar-refractivity contribution in [2.75, 3.05) is 36.2 Å². The van der Waals surface area contributed by atoms with Crippen LogP contribution in [0.3, 0.4) is 0 Å². The highest BCUT2D eigenvalue weighted by molar-refractivity contribution is 7.80. The van der Waals surface area contributed by atoms with Crippen molar-refractivity contribution in [1.29, 1.82) is 0 Å². The second-order valence-corrected chi connectivity index (χ2v) is 6.80. The van der Waals surface area contributed by atoms with Crippen LogP contribution in [-0.2, 0) is 6.18 Å². The van der Waals surface area contributed by atoms with Crippen molar-refractivity contribution in [2.45, 2.75) is 12.6 Å². The monoisotopic (exact) mass is 478 g/mol. The van der Waals surface area contributed by atoms with Gasteiger partial charge in [-0.2, -0.15) is 13.2 Å². The Morgan fingerprint density at radius 2 is 1.94 bits per heavy atom. The lowest BCUT2D eigenvalue weighted by atomic mass is 10.1. The molecule has 0 bridgehead atoms. The summed E-state index contributed by atoms with van der Waals surface area (Å²) in [5.41, 5.74) is -1.71. The first-order chi connectivity index (χ1) is 14.6. The molecule has 0 aliphatic carbocycles. The van der Waals surface area contributed by atoms with Gasteiger partial charge >= 0.3 is 12.1 Å². The van der Waals surface area contributed by atoms with E-state index in [1.54, 1.807) is 0 Å². The Hall–Kier alpha value is -2.83. The largest absolute Gasteiger partial charge is 0.481 e. The van der Waals surface area contributed by atoms with Gasteiger partial charge in [0.25, 0.3) is 0 Å². The van der Waals surface area contributed by atoms with Crippen LogP contribution in [0.4, 0.5) is 30.2 Å². The Morgan fingerprint density at radius 1 is 1.23 bits per heavy atom. The van der Waals surface area contributed by atoms with E-state index >= 15 is 0 Å². The number of anilines is 3. The van der Waals surface area contributed by atoms with Crippen LogP contribution in [-0.4, -0.2) is 46.5 Å². The fourth-order valence-corrected chi connectivity index (χ4v) is 2.91. The molecule has 2 rings (SSSR count). The molecule has 1 aromatic carbocycles. The lowest BCUT2D eigenvalue weighted by Gasteiger charge is -2.20. The molecule has 0 saturated heterocycles. The topological polar surface area (TPSA) is 116 Å². The highest BCUT2D eigenvalue weighted by Gasteiger charge is 2.36. The molecule has 13 heteroatoms. The van der Waals surface area contributed by atoms with Gasteiger partial charge in [-0.1, -0.05) is 11.6 Å². The van der Waals surface area contributed by atoms with Gasteiger partial charge < -0.3 is 30.9 Å². The van der Waals surface area contributed by atoms with Crippen LogP contribution in [0.2, 0.25) is 5.02 Å². The second-order valence-electron chi connectivity index (χ2n) is 5.98. The predicted molar refractivity (Wildman–Crippen MR) is 114 cm³/mol. The zero-order valence-corrected chi connectivity index (χ0v) is 17.6. The summed E-state index contributed by atoms with van der Waals surface area (Å²) in [6, 6.07) is 4.89. The molecule has 0 amide bonds. The zero-order chi connectivity index (χ0) is 23.2. The fraction of sp³-hybridized carbons (Fsp3) is 0.278. The molecule has 5 N–H and O–H groups in total. The molecule has 1 aromatic heterocycles. The smallest absolute Gasteiger partial charge is 0.435 e. The predicted octanol–water partition coefficient (Wildman–Crippen LogP) is 4.06. The number of pyridine rings is 1. The van der Waals surface area contributed by atoms with Gasteiger partial charge in [0.05, 0.1) is 34.8 Å².